The van der Waals surface area contributed by atoms with E-state index in [9.17, 15) is 0 Å². The lowest BCUT2D eigenvalue weighted by molar-refractivity contribution is 1.15. The highest BCUT2D eigenvalue weighted by atomic mass is 35.5. The van der Waals surface area contributed by atoms with Crippen LogP contribution < -0.4 is 0 Å². The molecular weight excluding hydrogens is 162 g/mol. The summed E-state index contributed by atoms with van der Waals surface area (Å²) in [6.07, 6.45) is 2.63. The average molecular weight is 172 g/mol. The summed E-state index contributed by atoms with van der Waals surface area (Å²) in [6.45, 7) is 4.00. The number of rotatable bonds is 1. The molecule has 0 aliphatic heterocycles. The van der Waals surface area contributed by atoms with Gasteiger partial charge in [-0.15, -0.1) is 0 Å². The van der Waals surface area contributed by atoms with Gasteiger partial charge in [-0.05, 0) is 17.7 Å². The summed E-state index contributed by atoms with van der Waals surface area (Å²) >= 11 is 5.40. The van der Waals surface area contributed by atoms with Crippen LogP contribution in [0.2, 0.25) is 5.28 Å². The van der Waals surface area contributed by atoms with Gasteiger partial charge < -0.3 is 5.41 Å². The second kappa shape index (κ2) is 5.80. The first-order valence-electron chi connectivity index (χ1n) is 3.32. The topological polar surface area (TPSA) is 49.6 Å². The van der Waals surface area contributed by atoms with Gasteiger partial charge in [0.2, 0.25) is 5.28 Å². The normalized spacial score (nSPS) is 7.91. The van der Waals surface area contributed by atoms with Crippen LogP contribution in [0.4, 0.5) is 0 Å². The molecule has 0 fully saturated rings. The van der Waals surface area contributed by atoms with Gasteiger partial charge in [0.1, 0.15) is 0 Å². The Morgan fingerprint density at radius 3 is 2.55 bits per heavy atom. The molecule has 1 rings (SSSR count). The standard InChI is InChI=1S/C5H4ClN3.C2H6/c6-5-8-2-1-4(3-7)9-5;1-2/h1-3,7H;1-2H3. The van der Waals surface area contributed by atoms with E-state index in [2.05, 4.69) is 9.97 Å². The number of hydrogen-bond acceptors (Lipinski definition) is 3. The molecule has 1 aromatic heterocycles. The van der Waals surface area contributed by atoms with Crippen molar-refractivity contribution in [2.45, 2.75) is 13.8 Å². The van der Waals surface area contributed by atoms with Crippen LogP contribution in [0.15, 0.2) is 12.3 Å². The van der Waals surface area contributed by atoms with Crippen molar-refractivity contribution in [3.8, 4) is 0 Å². The Kier molecular flexibility index (Phi) is 5.29. The van der Waals surface area contributed by atoms with Crippen molar-refractivity contribution < 1.29 is 0 Å². The van der Waals surface area contributed by atoms with E-state index in [0.717, 1.165) is 6.21 Å². The van der Waals surface area contributed by atoms with Gasteiger partial charge in [0.05, 0.1) is 5.69 Å². The third-order valence-electron chi connectivity index (χ3n) is 0.796. The molecule has 0 aromatic carbocycles. The second-order valence-electron chi connectivity index (χ2n) is 1.39. The third-order valence-corrected chi connectivity index (χ3v) is 0.978. The number of aromatic nitrogens is 2. The molecular formula is C7H10ClN3. The minimum absolute atomic E-state index is 0.177. The van der Waals surface area contributed by atoms with Crippen molar-refractivity contribution in [2.75, 3.05) is 0 Å². The fourth-order valence-electron chi connectivity index (χ4n) is 0.428. The second-order valence-corrected chi connectivity index (χ2v) is 1.73. The molecule has 0 unspecified atom stereocenters. The van der Waals surface area contributed by atoms with E-state index in [4.69, 9.17) is 17.0 Å². The van der Waals surface area contributed by atoms with Crippen LogP contribution in [0.3, 0.4) is 0 Å². The Hall–Kier alpha value is -0.960. The van der Waals surface area contributed by atoms with Gasteiger partial charge in [0.25, 0.3) is 0 Å². The highest BCUT2D eigenvalue weighted by Crippen LogP contribution is 1.97. The van der Waals surface area contributed by atoms with Gasteiger partial charge in [-0.2, -0.15) is 0 Å². The maximum Gasteiger partial charge on any atom is 0.222 e. The van der Waals surface area contributed by atoms with Crippen molar-refractivity contribution in [1.29, 1.82) is 5.41 Å². The van der Waals surface area contributed by atoms with Crippen LogP contribution in [0.25, 0.3) is 0 Å². The zero-order valence-electron chi connectivity index (χ0n) is 6.50. The van der Waals surface area contributed by atoms with Crippen molar-refractivity contribution >= 4 is 17.8 Å². The zero-order chi connectivity index (χ0) is 8.69. The summed E-state index contributed by atoms with van der Waals surface area (Å²) in [5.41, 5.74) is 0.523. The van der Waals surface area contributed by atoms with Crippen LogP contribution in [-0.4, -0.2) is 16.2 Å². The van der Waals surface area contributed by atoms with Gasteiger partial charge in [0, 0.05) is 12.4 Å². The molecule has 1 N–H and O–H groups in total. The van der Waals surface area contributed by atoms with E-state index < -0.39 is 0 Å². The van der Waals surface area contributed by atoms with Crippen LogP contribution in [-0.2, 0) is 0 Å². The van der Waals surface area contributed by atoms with Crippen LogP contribution in [0.5, 0.6) is 0 Å². The SMILES string of the molecule is CC.N=Cc1ccnc(Cl)n1. The molecule has 0 bridgehead atoms. The summed E-state index contributed by atoms with van der Waals surface area (Å²) < 4.78 is 0. The maximum atomic E-state index is 6.77. The first-order chi connectivity index (χ1) is 5.33. The zero-order valence-corrected chi connectivity index (χ0v) is 7.26. The lowest BCUT2D eigenvalue weighted by Crippen LogP contribution is -1.87. The number of hydrogen-bond donors (Lipinski definition) is 1. The quantitative estimate of drug-likeness (QED) is 0.520. The van der Waals surface area contributed by atoms with Crippen molar-refractivity contribution in [2.24, 2.45) is 0 Å². The molecule has 60 valence electrons. The number of nitrogens with zero attached hydrogens (tertiary/aromatic N) is 2. The summed E-state index contributed by atoms with van der Waals surface area (Å²) in [5, 5.41) is 6.94. The molecule has 1 heterocycles. The monoisotopic (exact) mass is 171 g/mol. The summed E-state index contributed by atoms with van der Waals surface area (Å²) in [5.74, 6) is 0. The van der Waals surface area contributed by atoms with E-state index in [1.54, 1.807) is 6.07 Å². The highest BCUT2D eigenvalue weighted by molar-refractivity contribution is 6.28. The summed E-state index contributed by atoms with van der Waals surface area (Å²) in [6, 6.07) is 1.61. The first-order valence-corrected chi connectivity index (χ1v) is 3.70. The van der Waals surface area contributed by atoms with Crippen molar-refractivity contribution in [3.63, 3.8) is 0 Å². The predicted octanol–water partition coefficient (Wildman–Crippen LogP) is 2.15. The summed E-state index contributed by atoms with van der Waals surface area (Å²) in [4.78, 5) is 7.34. The smallest absolute Gasteiger partial charge is 0.222 e. The Morgan fingerprint density at radius 2 is 2.18 bits per heavy atom. The van der Waals surface area contributed by atoms with E-state index >= 15 is 0 Å². The largest absolute Gasteiger partial charge is 0.307 e. The molecule has 0 aliphatic carbocycles. The van der Waals surface area contributed by atoms with Gasteiger partial charge in [-0.25, -0.2) is 9.97 Å². The molecule has 0 saturated carbocycles. The third kappa shape index (κ3) is 3.68. The van der Waals surface area contributed by atoms with Crippen LogP contribution in [0.1, 0.15) is 19.5 Å². The van der Waals surface area contributed by atoms with E-state index in [-0.39, 0.29) is 5.28 Å². The molecule has 0 atom stereocenters. The molecule has 0 spiro atoms. The van der Waals surface area contributed by atoms with Crippen LogP contribution >= 0.6 is 11.6 Å². The Bertz CT molecular complexity index is 225. The Labute approximate surface area is 71.0 Å². The first kappa shape index (κ1) is 10.0. The van der Waals surface area contributed by atoms with Crippen LogP contribution in [0, 0.1) is 5.41 Å². The lowest BCUT2D eigenvalue weighted by Gasteiger charge is -1.87. The van der Waals surface area contributed by atoms with E-state index in [1.165, 1.54) is 6.20 Å². The molecule has 4 heteroatoms. The fourth-order valence-corrected chi connectivity index (χ4v) is 0.582. The highest BCUT2D eigenvalue weighted by Gasteiger charge is 1.89. The number of halogens is 1. The molecule has 3 nitrogen and oxygen atoms in total. The van der Waals surface area contributed by atoms with Crippen molar-refractivity contribution in [3.05, 3.63) is 23.2 Å². The lowest BCUT2D eigenvalue weighted by atomic mass is 10.4. The molecule has 0 amide bonds. The van der Waals surface area contributed by atoms with Gasteiger partial charge >= 0.3 is 0 Å². The molecule has 0 saturated heterocycles. The predicted molar refractivity (Wildman–Crippen MR) is 46.3 cm³/mol. The molecule has 11 heavy (non-hydrogen) atoms. The number of nitrogens with one attached hydrogen (secondary N) is 1. The van der Waals surface area contributed by atoms with E-state index in [1.807, 2.05) is 13.8 Å². The molecule has 0 aliphatic rings. The average Bonchev–Trinajstić information content (AvgIpc) is 2.08. The molecule has 1 aromatic rings. The Morgan fingerprint density at radius 1 is 1.55 bits per heavy atom. The summed E-state index contributed by atoms with van der Waals surface area (Å²) in [7, 11) is 0. The Balaban J connectivity index is 0.000000461. The minimum Gasteiger partial charge on any atom is -0.307 e. The minimum atomic E-state index is 0.177. The van der Waals surface area contributed by atoms with Crippen molar-refractivity contribution in [1.82, 2.24) is 9.97 Å². The van der Waals surface area contributed by atoms with Gasteiger partial charge in [-0.3, -0.25) is 0 Å². The van der Waals surface area contributed by atoms with Gasteiger partial charge in [0.15, 0.2) is 0 Å². The maximum absolute atomic E-state index is 6.77. The molecule has 0 radical (unpaired) electrons. The fraction of sp³-hybridized carbons (Fsp3) is 0.286. The van der Waals surface area contributed by atoms with Gasteiger partial charge in [-0.1, -0.05) is 13.8 Å². The van der Waals surface area contributed by atoms with E-state index in [0.29, 0.717) is 5.69 Å².